The normalized spacial score (nSPS) is 19.4. The van der Waals surface area contributed by atoms with Crippen molar-refractivity contribution in [1.29, 1.82) is 0 Å². The van der Waals surface area contributed by atoms with Gasteiger partial charge in [0.15, 0.2) is 0 Å². The lowest BCUT2D eigenvalue weighted by Crippen LogP contribution is -2.29. The Balaban J connectivity index is 2.22. The molecule has 1 N–H and O–H groups in total. The molecular weight excluding hydrogens is 190 g/mol. The average Bonchev–Trinajstić information content (AvgIpc) is 2.62. The predicted molar refractivity (Wildman–Crippen MR) is 57.2 cm³/mol. The summed E-state index contributed by atoms with van der Waals surface area (Å²) in [4.78, 5) is 11.2. The highest BCUT2D eigenvalue weighted by molar-refractivity contribution is 5.87. The van der Waals surface area contributed by atoms with Gasteiger partial charge in [-0.15, -0.1) is 0 Å². The molecule has 1 aliphatic carbocycles. The fourth-order valence-corrected chi connectivity index (χ4v) is 2.09. The van der Waals surface area contributed by atoms with Crippen molar-refractivity contribution in [2.24, 2.45) is 7.05 Å². The largest absolute Gasteiger partial charge is 0.346 e. The molecule has 2 rings (SSSR count). The van der Waals surface area contributed by atoms with Gasteiger partial charge in [-0.05, 0) is 25.3 Å². The number of carbonyl (C=O) groups excluding carboxylic acids is 1. The Bertz CT molecular complexity index is 395. The Labute approximate surface area is 89.0 Å². The maximum atomic E-state index is 11.2. The SMILES string of the molecule is C=CC(=O)N[C@H]1CCCc2c1cnn2C. The smallest absolute Gasteiger partial charge is 0.243 e. The topological polar surface area (TPSA) is 46.9 Å². The van der Waals surface area contributed by atoms with Crippen molar-refractivity contribution in [1.82, 2.24) is 15.1 Å². The number of nitrogens with one attached hydrogen (secondary N) is 1. The molecule has 0 aromatic carbocycles. The quantitative estimate of drug-likeness (QED) is 0.735. The third-order valence-corrected chi connectivity index (χ3v) is 2.88. The number of hydrogen-bond acceptors (Lipinski definition) is 2. The van der Waals surface area contributed by atoms with Crippen molar-refractivity contribution in [3.63, 3.8) is 0 Å². The zero-order chi connectivity index (χ0) is 10.8. The van der Waals surface area contributed by atoms with Crippen LogP contribution in [0.3, 0.4) is 0 Å². The minimum atomic E-state index is -0.114. The van der Waals surface area contributed by atoms with Crippen molar-refractivity contribution in [2.45, 2.75) is 25.3 Å². The number of nitrogens with zero attached hydrogens (tertiary/aromatic N) is 2. The Hall–Kier alpha value is -1.58. The Morgan fingerprint density at radius 2 is 2.60 bits per heavy atom. The number of carbonyl (C=O) groups is 1. The monoisotopic (exact) mass is 205 g/mol. The van der Waals surface area contributed by atoms with Crippen LogP contribution in [0.25, 0.3) is 0 Å². The number of rotatable bonds is 2. The van der Waals surface area contributed by atoms with E-state index in [9.17, 15) is 4.79 Å². The molecule has 15 heavy (non-hydrogen) atoms. The molecule has 0 fully saturated rings. The summed E-state index contributed by atoms with van der Waals surface area (Å²) in [7, 11) is 1.94. The minimum Gasteiger partial charge on any atom is -0.346 e. The van der Waals surface area contributed by atoms with Crippen LogP contribution in [-0.4, -0.2) is 15.7 Å². The van der Waals surface area contributed by atoms with Crippen molar-refractivity contribution in [3.8, 4) is 0 Å². The lowest BCUT2D eigenvalue weighted by atomic mass is 9.93. The molecule has 0 radical (unpaired) electrons. The third-order valence-electron chi connectivity index (χ3n) is 2.88. The van der Waals surface area contributed by atoms with Crippen LogP contribution in [0.1, 0.15) is 30.1 Å². The molecular formula is C11H15N3O. The van der Waals surface area contributed by atoms with Gasteiger partial charge >= 0.3 is 0 Å². The van der Waals surface area contributed by atoms with E-state index in [1.165, 1.54) is 11.8 Å². The van der Waals surface area contributed by atoms with Crippen LogP contribution in [-0.2, 0) is 18.3 Å². The number of aryl methyl sites for hydroxylation is 1. The van der Waals surface area contributed by atoms with Crippen molar-refractivity contribution in [2.75, 3.05) is 0 Å². The number of fused-ring (bicyclic) bond motifs is 1. The molecule has 1 aromatic heterocycles. The molecule has 0 saturated heterocycles. The molecule has 1 aromatic rings. The molecule has 0 bridgehead atoms. The minimum absolute atomic E-state index is 0.105. The van der Waals surface area contributed by atoms with Crippen LogP contribution < -0.4 is 5.32 Å². The molecule has 1 atom stereocenters. The van der Waals surface area contributed by atoms with Crippen LogP contribution in [0.5, 0.6) is 0 Å². The molecule has 0 aliphatic heterocycles. The van der Waals surface area contributed by atoms with Crippen molar-refractivity contribution in [3.05, 3.63) is 30.1 Å². The maximum Gasteiger partial charge on any atom is 0.243 e. The van der Waals surface area contributed by atoms with E-state index in [2.05, 4.69) is 17.0 Å². The van der Waals surface area contributed by atoms with E-state index >= 15 is 0 Å². The van der Waals surface area contributed by atoms with Crippen LogP contribution >= 0.6 is 0 Å². The first-order valence-electron chi connectivity index (χ1n) is 5.16. The zero-order valence-corrected chi connectivity index (χ0v) is 8.86. The summed E-state index contributed by atoms with van der Waals surface area (Å²) >= 11 is 0. The first kappa shape index (κ1) is 9.96. The Kier molecular flexibility index (Phi) is 2.58. The standard InChI is InChI=1S/C11H15N3O/c1-3-11(15)13-9-5-4-6-10-8(9)7-12-14(10)2/h3,7,9H,1,4-6H2,2H3,(H,13,15)/t9-/m0/s1. The third kappa shape index (κ3) is 1.79. The molecule has 1 heterocycles. The van der Waals surface area contributed by atoms with E-state index in [1.807, 2.05) is 17.9 Å². The van der Waals surface area contributed by atoms with Gasteiger partial charge in [0.05, 0.1) is 12.2 Å². The summed E-state index contributed by atoms with van der Waals surface area (Å²) in [6.07, 6.45) is 6.28. The van der Waals surface area contributed by atoms with Crippen LogP contribution in [0.2, 0.25) is 0 Å². The molecule has 80 valence electrons. The second-order valence-corrected chi connectivity index (χ2v) is 3.83. The lowest BCUT2D eigenvalue weighted by molar-refractivity contribution is -0.117. The van der Waals surface area contributed by atoms with Gasteiger partial charge in [-0.2, -0.15) is 5.10 Å². The summed E-state index contributed by atoms with van der Waals surface area (Å²) in [5, 5.41) is 7.15. The predicted octanol–water partition coefficient (Wildman–Crippen LogP) is 1.10. The summed E-state index contributed by atoms with van der Waals surface area (Å²) < 4.78 is 1.89. The molecule has 0 saturated carbocycles. The first-order chi connectivity index (χ1) is 7.22. The fraction of sp³-hybridized carbons (Fsp3) is 0.455. The van der Waals surface area contributed by atoms with Gasteiger partial charge in [0, 0.05) is 18.3 Å². The molecule has 1 aliphatic rings. The Morgan fingerprint density at radius 1 is 1.80 bits per heavy atom. The highest BCUT2D eigenvalue weighted by Gasteiger charge is 2.23. The van der Waals surface area contributed by atoms with E-state index < -0.39 is 0 Å². The highest BCUT2D eigenvalue weighted by atomic mass is 16.1. The van der Waals surface area contributed by atoms with Gasteiger partial charge in [-0.25, -0.2) is 0 Å². The van der Waals surface area contributed by atoms with Crippen molar-refractivity contribution >= 4 is 5.91 Å². The zero-order valence-electron chi connectivity index (χ0n) is 8.86. The molecule has 0 spiro atoms. The fourth-order valence-electron chi connectivity index (χ4n) is 2.09. The van der Waals surface area contributed by atoms with E-state index in [4.69, 9.17) is 0 Å². The average molecular weight is 205 g/mol. The number of hydrogen-bond donors (Lipinski definition) is 1. The van der Waals surface area contributed by atoms with E-state index in [0.29, 0.717) is 0 Å². The van der Waals surface area contributed by atoms with E-state index in [-0.39, 0.29) is 11.9 Å². The molecule has 4 nitrogen and oxygen atoms in total. The van der Waals surface area contributed by atoms with E-state index in [0.717, 1.165) is 24.8 Å². The van der Waals surface area contributed by atoms with Crippen molar-refractivity contribution < 1.29 is 4.79 Å². The van der Waals surface area contributed by atoms with Gasteiger partial charge in [0.25, 0.3) is 0 Å². The lowest BCUT2D eigenvalue weighted by Gasteiger charge is -2.23. The summed E-state index contributed by atoms with van der Waals surface area (Å²) in [5.74, 6) is -0.114. The summed E-state index contributed by atoms with van der Waals surface area (Å²) in [6, 6.07) is 0.105. The first-order valence-corrected chi connectivity index (χ1v) is 5.16. The van der Waals surface area contributed by atoms with Gasteiger partial charge in [0.2, 0.25) is 5.91 Å². The summed E-state index contributed by atoms with van der Waals surface area (Å²) in [5.41, 5.74) is 2.38. The second kappa shape index (κ2) is 3.88. The van der Waals surface area contributed by atoms with Crippen LogP contribution in [0.4, 0.5) is 0 Å². The van der Waals surface area contributed by atoms with Gasteiger partial charge < -0.3 is 5.32 Å². The van der Waals surface area contributed by atoms with Gasteiger partial charge in [0.1, 0.15) is 0 Å². The maximum absolute atomic E-state index is 11.2. The number of amides is 1. The molecule has 0 unspecified atom stereocenters. The van der Waals surface area contributed by atoms with Gasteiger partial charge in [-0.3, -0.25) is 9.48 Å². The van der Waals surface area contributed by atoms with E-state index in [1.54, 1.807) is 0 Å². The number of aromatic nitrogens is 2. The van der Waals surface area contributed by atoms with Crippen LogP contribution in [0.15, 0.2) is 18.9 Å². The highest BCUT2D eigenvalue weighted by Crippen LogP contribution is 2.28. The molecule has 4 heteroatoms. The second-order valence-electron chi connectivity index (χ2n) is 3.83. The van der Waals surface area contributed by atoms with Gasteiger partial charge in [-0.1, -0.05) is 6.58 Å². The van der Waals surface area contributed by atoms with Crippen LogP contribution in [0, 0.1) is 0 Å². The Morgan fingerprint density at radius 3 is 3.33 bits per heavy atom. The molecule has 1 amide bonds. The summed E-state index contributed by atoms with van der Waals surface area (Å²) in [6.45, 7) is 3.45.